The van der Waals surface area contributed by atoms with Gasteiger partial charge in [-0.25, -0.2) is 0 Å². The number of nitrogens with one attached hydrogen (secondary N) is 2. The highest BCUT2D eigenvalue weighted by Gasteiger charge is 2.35. The van der Waals surface area contributed by atoms with Gasteiger partial charge in [0.2, 0.25) is 0 Å². The Bertz CT molecular complexity index is 602. The standard InChI is InChI=1S/C22H33N3OS/c27-22(14-18-6-2-3-11-23-18)24-17-7-9-20(10-8-17)26-21-15-19(16-21)25-12-4-1-5-13-25/h7-10,18-19,21,23H,1-6,11-16H2,(H,24,27). The minimum absolute atomic E-state index is 0.384. The van der Waals surface area contributed by atoms with Crippen LogP contribution < -0.4 is 15.4 Å². The van der Waals surface area contributed by atoms with Gasteiger partial charge in [0.15, 0.2) is 0 Å². The lowest BCUT2D eigenvalue weighted by molar-refractivity contribution is 0.00893. The van der Waals surface area contributed by atoms with Crippen molar-refractivity contribution in [3.63, 3.8) is 0 Å². The first-order valence-electron chi connectivity index (χ1n) is 10.8. The van der Waals surface area contributed by atoms with Crippen LogP contribution >= 0.6 is 12.2 Å². The molecule has 2 aliphatic heterocycles. The molecule has 0 radical (unpaired) electrons. The summed E-state index contributed by atoms with van der Waals surface area (Å²) in [5.74, 6) is 0.975. The van der Waals surface area contributed by atoms with Crippen LogP contribution in [0, 0.1) is 0 Å². The number of ether oxygens (including phenoxy) is 1. The van der Waals surface area contributed by atoms with Gasteiger partial charge in [-0.05, 0) is 69.6 Å². The summed E-state index contributed by atoms with van der Waals surface area (Å²) in [6, 6.07) is 9.58. The Morgan fingerprint density at radius 3 is 2.56 bits per heavy atom. The number of thiocarbonyl (C=S) groups is 1. The van der Waals surface area contributed by atoms with E-state index >= 15 is 0 Å². The van der Waals surface area contributed by atoms with Gasteiger partial charge in [-0.2, -0.15) is 0 Å². The second kappa shape index (κ2) is 9.35. The van der Waals surface area contributed by atoms with Crippen LogP contribution in [0.5, 0.6) is 5.75 Å². The number of rotatable bonds is 6. The molecule has 0 spiro atoms. The molecule has 3 aliphatic rings. The summed E-state index contributed by atoms with van der Waals surface area (Å²) in [4.78, 5) is 3.59. The Kier molecular flexibility index (Phi) is 6.64. The van der Waals surface area contributed by atoms with Gasteiger partial charge in [0.25, 0.3) is 0 Å². The first-order valence-corrected chi connectivity index (χ1v) is 11.2. The fourth-order valence-corrected chi connectivity index (χ4v) is 4.88. The summed E-state index contributed by atoms with van der Waals surface area (Å²) < 4.78 is 6.16. The largest absolute Gasteiger partial charge is 0.490 e. The molecule has 1 aromatic carbocycles. The average Bonchev–Trinajstić information content (AvgIpc) is 2.67. The third kappa shape index (κ3) is 5.43. The maximum absolute atomic E-state index is 6.16. The molecule has 2 heterocycles. The van der Waals surface area contributed by atoms with Crippen LogP contribution in [0.15, 0.2) is 24.3 Å². The van der Waals surface area contributed by atoms with E-state index in [0.717, 1.165) is 35.4 Å². The lowest BCUT2D eigenvalue weighted by atomic mass is 9.86. The van der Waals surface area contributed by atoms with E-state index in [-0.39, 0.29) is 0 Å². The smallest absolute Gasteiger partial charge is 0.119 e. The molecule has 1 atom stereocenters. The molecule has 5 heteroatoms. The molecule has 4 nitrogen and oxygen atoms in total. The van der Waals surface area contributed by atoms with Gasteiger partial charge in [-0.15, -0.1) is 0 Å². The Balaban J connectivity index is 1.18. The van der Waals surface area contributed by atoms with Crippen LogP contribution in [0.4, 0.5) is 5.69 Å². The molecular formula is C22H33N3OS. The summed E-state index contributed by atoms with van der Waals surface area (Å²) in [7, 11) is 0. The maximum atomic E-state index is 6.16. The quantitative estimate of drug-likeness (QED) is 0.710. The fraction of sp³-hybridized carbons (Fsp3) is 0.682. The van der Waals surface area contributed by atoms with E-state index in [1.54, 1.807) is 0 Å². The van der Waals surface area contributed by atoms with Crippen molar-refractivity contribution in [3.8, 4) is 5.75 Å². The lowest BCUT2D eigenvalue weighted by Crippen LogP contribution is -2.50. The average molecular weight is 388 g/mol. The molecule has 2 saturated heterocycles. The van der Waals surface area contributed by atoms with E-state index in [1.807, 2.05) is 0 Å². The third-order valence-corrected chi connectivity index (χ3v) is 6.53. The van der Waals surface area contributed by atoms with Crippen LogP contribution in [-0.2, 0) is 0 Å². The van der Waals surface area contributed by atoms with E-state index in [4.69, 9.17) is 17.0 Å². The highest BCUT2D eigenvalue weighted by Crippen LogP contribution is 2.31. The molecule has 27 heavy (non-hydrogen) atoms. The molecule has 0 amide bonds. The first-order chi connectivity index (χ1) is 13.3. The molecule has 1 unspecified atom stereocenters. The molecular weight excluding hydrogens is 354 g/mol. The van der Waals surface area contributed by atoms with Crippen molar-refractivity contribution < 1.29 is 4.74 Å². The molecule has 3 fully saturated rings. The molecule has 0 aromatic heterocycles. The summed E-state index contributed by atoms with van der Waals surface area (Å²) in [5, 5.41) is 6.93. The number of hydrogen-bond donors (Lipinski definition) is 2. The molecule has 1 saturated carbocycles. The van der Waals surface area contributed by atoms with Gasteiger partial charge in [0.05, 0.1) is 4.99 Å². The van der Waals surface area contributed by atoms with E-state index < -0.39 is 0 Å². The minimum Gasteiger partial charge on any atom is -0.490 e. The SMILES string of the molecule is S=C(CC1CCCCN1)Nc1ccc(OC2CC(N3CCCCC3)C2)cc1. The Morgan fingerprint density at radius 2 is 1.85 bits per heavy atom. The molecule has 2 N–H and O–H groups in total. The Morgan fingerprint density at radius 1 is 1.07 bits per heavy atom. The van der Waals surface area contributed by atoms with Crippen LogP contribution in [0.3, 0.4) is 0 Å². The highest BCUT2D eigenvalue weighted by atomic mass is 32.1. The first kappa shape index (κ1) is 19.2. The lowest BCUT2D eigenvalue weighted by Gasteiger charge is -2.44. The van der Waals surface area contributed by atoms with E-state index in [0.29, 0.717) is 12.1 Å². The zero-order valence-corrected chi connectivity index (χ0v) is 17.1. The Labute approximate surface area is 169 Å². The zero-order chi connectivity index (χ0) is 18.5. The predicted molar refractivity (Wildman–Crippen MR) is 116 cm³/mol. The number of hydrogen-bond acceptors (Lipinski definition) is 4. The molecule has 0 bridgehead atoms. The highest BCUT2D eigenvalue weighted by molar-refractivity contribution is 7.80. The number of nitrogens with zero attached hydrogens (tertiary/aromatic N) is 1. The Hall–Kier alpha value is -1.17. The second-order valence-electron chi connectivity index (χ2n) is 8.39. The molecule has 148 valence electrons. The summed E-state index contributed by atoms with van der Waals surface area (Å²) >= 11 is 5.54. The number of benzene rings is 1. The van der Waals surface area contributed by atoms with E-state index in [1.165, 1.54) is 64.5 Å². The van der Waals surface area contributed by atoms with Crippen molar-refractivity contribution in [2.75, 3.05) is 25.0 Å². The van der Waals surface area contributed by atoms with Crippen LogP contribution in [0.1, 0.15) is 57.8 Å². The van der Waals surface area contributed by atoms with Gasteiger partial charge >= 0.3 is 0 Å². The molecule has 4 rings (SSSR count). The van der Waals surface area contributed by atoms with Gasteiger partial charge in [-0.1, -0.05) is 25.1 Å². The van der Waals surface area contributed by atoms with Gasteiger partial charge < -0.3 is 20.3 Å². The van der Waals surface area contributed by atoms with Gasteiger partial charge in [0.1, 0.15) is 11.9 Å². The minimum atomic E-state index is 0.384. The zero-order valence-electron chi connectivity index (χ0n) is 16.3. The van der Waals surface area contributed by atoms with Crippen molar-refractivity contribution in [3.05, 3.63) is 24.3 Å². The summed E-state index contributed by atoms with van der Waals surface area (Å²) in [6.07, 6.45) is 11.6. The fourth-order valence-electron chi connectivity index (χ4n) is 4.56. The van der Waals surface area contributed by atoms with Crippen molar-refractivity contribution in [1.29, 1.82) is 0 Å². The predicted octanol–water partition coefficient (Wildman–Crippen LogP) is 4.35. The molecule has 1 aliphatic carbocycles. The normalized spacial score (nSPS) is 29.0. The van der Waals surface area contributed by atoms with Crippen LogP contribution in [-0.4, -0.2) is 47.7 Å². The number of likely N-dealkylation sites (tertiary alicyclic amines) is 1. The van der Waals surface area contributed by atoms with Crippen molar-refractivity contribution in [1.82, 2.24) is 10.2 Å². The topological polar surface area (TPSA) is 36.5 Å². The van der Waals surface area contributed by atoms with Crippen molar-refractivity contribution in [2.24, 2.45) is 0 Å². The van der Waals surface area contributed by atoms with Crippen LogP contribution in [0.2, 0.25) is 0 Å². The summed E-state index contributed by atoms with van der Waals surface area (Å²) in [5.41, 5.74) is 1.06. The van der Waals surface area contributed by atoms with E-state index in [9.17, 15) is 0 Å². The van der Waals surface area contributed by atoms with Gasteiger partial charge in [0, 0.05) is 37.0 Å². The third-order valence-electron chi connectivity index (χ3n) is 6.26. The monoisotopic (exact) mass is 387 g/mol. The molecule has 1 aromatic rings. The van der Waals surface area contributed by atoms with Gasteiger partial charge in [-0.3, -0.25) is 0 Å². The maximum Gasteiger partial charge on any atom is 0.119 e. The van der Waals surface area contributed by atoms with Crippen LogP contribution in [0.25, 0.3) is 0 Å². The van der Waals surface area contributed by atoms with Crippen molar-refractivity contribution >= 4 is 22.9 Å². The van der Waals surface area contributed by atoms with E-state index in [2.05, 4.69) is 39.8 Å². The number of piperidine rings is 2. The number of anilines is 1. The van der Waals surface area contributed by atoms with Crippen molar-refractivity contribution in [2.45, 2.75) is 76.0 Å². The summed E-state index contributed by atoms with van der Waals surface area (Å²) in [6.45, 7) is 3.70. The second-order valence-corrected chi connectivity index (χ2v) is 8.88.